The maximum Gasteiger partial charge on any atom is 0.246 e. The Hall–Kier alpha value is -0.210. The van der Waals surface area contributed by atoms with Crippen LogP contribution in [0.5, 0.6) is 0 Å². The lowest BCUT2D eigenvalue weighted by Crippen LogP contribution is -2.29. The molecule has 1 aromatic heterocycles. The molecule has 0 amide bonds. The predicted octanol–water partition coefficient (Wildman–Crippen LogP) is 1.89. The number of hydrogen-bond donors (Lipinski definition) is 1. The standard InChI is InChI=1S/C11H14BrClN2O3S/c12-9-5-10(11(13)14-6-9)19(17,18)15-3-1-8(7-15)2-4-16/h5-6,8,16H,1-4,7H2. The molecule has 0 radical (unpaired) electrons. The second-order valence-electron chi connectivity index (χ2n) is 4.47. The van der Waals surface area contributed by atoms with Gasteiger partial charge in [0.2, 0.25) is 10.0 Å². The van der Waals surface area contributed by atoms with Crippen LogP contribution in [0.3, 0.4) is 0 Å². The summed E-state index contributed by atoms with van der Waals surface area (Å²) in [6, 6.07) is 1.46. The van der Waals surface area contributed by atoms with Gasteiger partial charge < -0.3 is 5.11 Å². The van der Waals surface area contributed by atoms with E-state index < -0.39 is 10.0 Å². The highest BCUT2D eigenvalue weighted by atomic mass is 79.9. The Morgan fingerprint density at radius 1 is 1.58 bits per heavy atom. The molecule has 0 aliphatic carbocycles. The molecule has 19 heavy (non-hydrogen) atoms. The Balaban J connectivity index is 2.26. The van der Waals surface area contributed by atoms with Gasteiger partial charge in [0.1, 0.15) is 10.0 Å². The van der Waals surface area contributed by atoms with E-state index in [1.165, 1.54) is 16.6 Å². The molecule has 1 saturated heterocycles. The van der Waals surface area contributed by atoms with Crippen molar-refractivity contribution in [3.05, 3.63) is 21.9 Å². The largest absolute Gasteiger partial charge is 0.396 e. The van der Waals surface area contributed by atoms with Crippen LogP contribution in [0.2, 0.25) is 5.15 Å². The quantitative estimate of drug-likeness (QED) is 0.823. The number of aliphatic hydroxyl groups is 1. The summed E-state index contributed by atoms with van der Waals surface area (Å²) in [4.78, 5) is 3.87. The Bertz CT molecular complexity index is 567. The van der Waals surface area contributed by atoms with E-state index in [0.717, 1.165) is 6.42 Å². The van der Waals surface area contributed by atoms with Gasteiger partial charge in [-0.25, -0.2) is 13.4 Å². The average molecular weight is 370 g/mol. The molecule has 0 saturated carbocycles. The molecule has 0 spiro atoms. The summed E-state index contributed by atoms with van der Waals surface area (Å²) in [7, 11) is -3.62. The van der Waals surface area contributed by atoms with Crippen molar-refractivity contribution in [2.45, 2.75) is 17.7 Å². The molecule has 2 heterocycles. The first kappa shape index (κ1) is 15.2. The number of sulfonamides is 1. The fraction of sp³-hybridized carbons (Fsp3) is 0.545. The zero-order chi connectivity index (χ0) is 14.0. The third-order valence-electron chi connectivity index (χ3n) is 3.18. The van der Waals surface area contributed by atoms with Gasteiger partial charge in [-0.15, -0.1) is 0 Å². The minimum atomic E-state index is -3.62. The molecule has 8 heteroatoms. The minimum absolute atomic E-state index is 0.0196. The zero-order valence-corrected chi connectivity index (χ0v) is 13.2. The van der Waals surface area contributed by atoms with Crippen LogP contribution in [0.1, 0.15) is 12.8 Å². The van der Waals surface area contributed by atoms with E-state index in [2.05, 4.69) is 20.9 Å². The average Bonchev–Trinajstić information content (AvgIpc) is 2.82. The van der Waals surface area contributed by atoms with Crippen molar-refractivity contribution in [2.75, 3.05) is 19.7 Å². The zero-order valence-electron chi connectivity index (χ0n) is 10.1. The Morgan fingerprint density at radius 3 is 3.00 bits per heavy atom. The summed E-state index contributed by atoms with van der Waals surface area (Å²) in [5.74, 6) is 0.207. The third-order valence-corrected chi connectivity index (χ3v) is 5.90. The lowest BCUT2D eigenvalue weighted by atomic mass is 10.1. The Kier molecular flexibility index (Phi) is 4.84. The smallest absolute Gasteiger partial charge is 0.246 e. The van der Waals surface area contributed by atoms with Gasteiger partial charge in [-0.05, 0) is 40.8 Å². The summed E-state index contributed by atoms with van der Waals surface area (Å²) in [5.41, 5.74) is 0. The molecule has 5 nitrogen and oxygen atoms in total. The number of hydrogen-bond acceptors (Lipinski definition) is 4. The predicted molar refractivity (Wildman–Crippen MR) is 75.5 cm³/mol. The molecule has 0 aromatic carbocycles. The van der Waals surface area contributed by atoms with E-state index in [1.807, 2.05) is 0 Å². The van der Waals surface area contributed by atoms with Crippen LogP contribution in [0, 0.1) is 5.92 Å². The number of rotatable bonds is 4. The summed E-state index contributed by atoms with van der Waals surface area (Å²) >= 11 is 9.08. The van der Waals surface area contributed by atoms with Crippen molar-refractivity contribution in [3.63, 3.8) is 0 Å². The van der Waals surface area contributed by atoms with Crippen LogP contribution < -0.4 is 0 Å². The molecular formula is C11H14BrClN2O3S. The van der Waals surface area contributed by atoms with Gasteiger partial charge in [-0.2, -0.15) is 4.31 Å². The first-order valence-electron chi connectivity index (χ1n) is 5.87. The fourth-order valence-corrected chi connectivity index (χ4v) is 4.61. The van der Waals surface area contributed by atoms with Gasteiger partial charge in [0.25, 0.3) is 0 Å². The van der Waals surface area contributed by atoms with E-state index in [9.17, 15) is 8.42 Å². The highest BCUT2D eigenvalue weighted by Gasteiger charge is 2.33. The van der Waals surface area contributed by atoms with E-state index >= 15 is 0 Å². The molecular weight excluding hydrogens is 356 g/mol. The van der Waals surface area contributed by atoms with Crippen molar-refractivity contribution >= 4 is 37.6 Å². The van der Waals surface area contributed by atoms with Crippen LogP contribution >= 0.6 is 27.5 Å². The van der Waals surface area contributed by atoms with Gasteiger partial charge >= 0.3 is 0 Å². The highest BCUT2D eigenvalue weighted by molar-refractivity contribution is 9.10. The number of pyridine rings is 1. The lowest BCUT2D eigenvalue weighted by molar-refractivity contribution is 0.259. The molecule has 1 N–H and O–H groups in total. The molecule has 1 atom stereocenters. The maximum atomic E-state index is 12.5. The molecule has 0 bridgehead atoms. The van der Waals surface area contributed by atoms with Crippen LogP contribution in [0.25, 0.3) is 0 Å². The Labute approximate surface area is 125 Å². The van der Waals surface area contributed by atoms with Gasteiger partial charge in [-0.3, -0.25) is 0 Å². The van der Waals surface area contributed by atoms with Crippen LogP contribution in [0.15, 0.2) is 21.6 Å². The van der Waals surface area contributed by atoms with Crippen LogP contribution in [-0.2, 0) is 10.0 Å². The monoisotopic (exact) mass is 368 g/mol. The number of aliphatic hydroxyl groups excluding tert-OH is 1. The SMILES string of the molecule is O=S(=O)(c1cc(Br)cnc1Cl)N1CCC(CCO)C1. The van der Waals surface area contributed by atoms with Crippen molar-refractivity contribution in [3.8, 4) is 0 Å². The molecule has 106 valence electrons. The molecule has 1 fully saturated rings. The summed E-state index contributed by atoms with van der Waals surface area (Å²) in [6.45, 7) is 0.958. The third kappa shape index (κ3) is 3.28. The van der Waals surface area contributed by atoms with E-state index in [1.54, 1.807) is 0 Å². The fourth-order valence-electron chi connectivity index (χ4n) is 2.16. The summed E-state index contributed by atoms with van der Waals surface area (Å²) in [6.07, 6.45) is 2.84. The highest BCUT2D eigenvalue weighted by Crippen LogP contribution is 2.30. The van der Waals surface area contributed by atoms with Crippen molar-refractivity contribution in [1.29, 1.82) is 0 Å². The molecule has 1 aliphatic rings. The van der Waals surface area contributed by atoms with Crippen molar-refractivity contribution in [2.24, 2.45) is 5.92 Å². The number of nitrogens with zero attached hydrogens (tertiary/aromatic N) is 2. The van der Waals surface area contributed by atoms with Gasteiger partial charge in [0.15, 0.2) is 0 Å². The molecule has 1 aliphatic heterocycles. The van der Waals surface area contributed by atoms with E-state index in [0.29, 0.717) is 24.0 Å². The van der Waals surface area contributed by atoms with E-state index in [4.69, 9.17) is 16.7 Å². The minimum Gasteiger partial charge on any atom is -0.396 e. The van der Waals surface area contributed by atoms with Crippen LogP contribution in [0.4, 0.5) is 0 Å². The maximum absolute atomic E-state index is 12.5. The van der Waals surface area contributed by atoms with Gasteiger partial charge in [0.05, 0.1) is 0 Å². The van der Waals surface area contributed by atoms with Crippen LogP contribution in [-0.4, -0.2) is 42.5 Å². The first-order chi connectivity index (χ1) is 8.95. The first-order valence-corrected chi connectivity index (χ1v) is 8.48. The van der Waals surface area contributed by atoms with E-state index in [-0.39, 0.29) is 22.6 Å². The van der Waals surface area contributed by atoms with Gasteiger partial charge in [-0.1, -0.05) is 11.6 Å². The second-order valence-corrected chi connectivity index (χ2v) is 7.65. The summed E-state index contributed by atoms with van der Waals surface area (Å²) in [5, 5.41) is 8.89. The molecule has 2 rings (SSSR count). The second kappa shape index (κ2) is 6.05. The Morgan fingerprint density at radius 2 is 2.32 bits per heavy atom. The summed E-state index contributed by atoms with van der Waals surface area (Å²) < 4.78 is 26.9. The van der Waals surface area contributed by atoms with Crippen molar-refractivity contribution in [1.82, 2.24) is 9.29 Å². The lowest BCUT2D eigenvalue weighted by Gasteiger charge is -2.17. The van der Waals surface area contributed by atoms with Gasteiger partial charge in [0, 0.05) is 30.4 Å². The number of aromatic nitrogens is 1. The number of halogens is 2. The van der Waals surface area contributed by atoms with Crippen molar-refractivity contribution < 1.29 is 13.5 Å². The topological polar surface area (TPSA) is 70.5 Å². The molecule has 1 unspecified atom stereocenters. The molecule has 1 aromatic rings. The normalized spacial score (nSPS) is 20.9.